The van der Waals surface area contributed by atoms with Gasteiger partial charge in [-0.15, -0.1) is 0 Å². The van der Waals surface area contributed by atoms with Crippen LogP contribution in [0, 0.1) is 0 Å². The van der Waals surface area contributed by atoms with Crippen LogP contribution in [0.1, 0.15) is 33.9 Å². The number of hydrogen-bond acceptors (Lipinski definition) is 2. The van der Waals surface area contributed by atoms with Gasteiger partial charge in [0.05, 0.1) is 17.4 Å². The minimum atomic E-state index is -1.14. The molecule has 46 heavy (non-hydrogen) atoms. The van der Waals surface area contributed by atoms with Crippen molar-refractivity contribution in [1.29, 1.82) is 0 Å². The molecule has 1 amide bonds. The average Bonchev–Trinajstić information content (AvgIpc) is 3.57. The fourth-order valence-electron chi connectivity index (χ4n) is 7.74. The van der Waals surface area contributed by atoms with Gasteiger partial charge in [0.25, 0.3) is 5.91 Å². The first kappa shape index (κ1) is 26.5. The van der Waals surface area contributed by atoms with Crippen molar-refractivity contribution in [3.63, 3.8) is 0 Å². The van der Waals surface area contributed by atoms with E-state index in [0.29, 0.717) is 6.54 Å². The number of benzene rings is 6. The topological polar surface area (TPSA) is 37.3 Å². The Balaban J connectivity index is 1.36. The predicted octanol–water partition coefficient (Wildman–Crippen LogP) is 9.16. The molecule has 0 saturated carbocycles. The molecule has 1 unspecified atom stereocenters. The summed E-state index contributed by atoms with van der Waals surface area (Å²) in [7, 11) is 0. The molecule has 0 fully saturated rings. The van der Waals surface area contributed by atoms with Crippen LogP contribution in [0.5, 0.6) is 0 Å². The lowest BCUT2D eigenvalue weighted by atomic mass is 9.77. The van der Waals surface area contributed by atoms with Gasteiger partial charge in [-0.3, -0.25) is 9.69 Å². The molecule has 0 radical (unpaired) electrons. The van der Waals surface area contributed by atoms with Crippen LogP contribution in [0.25, 0.3) is 22.2 Å². The number of nitrogens with zero attached hydrogens (tertiary/aromatic N) is 2. The van der Waals surface area contributed by atoms with Crippen LogP contribution in [-0.4, -0.2) is 10.5 Å². The van der Waals surface area contributed by atoms with Crippen LogP contribution in [0.3, 0.4) is 0 Å². The first-order chi connectivity index (χ1) is 22.8. The maximum atomic E-state index is 15.8. The van der Waals surface area contributed by atoms with Crippen LogP contribution in [0.15, 0.2) is 164 Å². The summed E-state index contributed by atoms with van der Waals surface area (Å²) in [5, 5.41) is 4.97. The lowest BCUT2D eigenvalue weighted by Crippen LogP contribution is -2.49. The summed E-state index contributed by atoms with van der Waals surface area (Å²) < 4.78 is 2.41. The van der Waals surface area contributed by atoms with Gasteiger partial charge in [-0.1, -0.05) is 146 Å². The zero-order chi connectivity index (χ0) is 30.7. The summed E-state index contributed by atoms with van der Waals surface area (Å²) in [6.07, 6.45) is 0. The van der Waals surface area contributed by atoms with Crippen LogP contribution >= 0.6 is 0 Å². The molecule has 2 aliphatic heterocycles. The first-order valence-corrected chi connectivity index (χ1v) is 15.8. The van der Waals surface area contributed by atoms with E-state index < -0.39 is 5.54 Å². The van der Waals surface area contributed by atoms with E-state index in [4.69, 9.17) is 0 Å². The summed E-state index contributed by atoms with van der Waals surface area (Å²) in [6.45, 7) is 0.692. The number of fused-ring (bicyclic) bond motifs is 8. The lowest BCUT2D eigenvalue weighted by molar-refractivity contribution is -0.121. The van der Waals surface area contributed by atoms with Crippen molar-refractivity contribution in [3.05, 3.63) is 192 Å². The van der Waals surface area contributed by atoms with Gasteiger partial charge >= 0.3 is 0 Å². The predicted molar refractivity (Wildman–Crippen MR) is 186 cm³/mol. The Morgan fingerprint density at radius 3 is 1.93 bits per heavy atom. The van der Waals surface area contributed by atoms with Crippen molar-refractivity contribution in [1.82, 2.24) is 4.57 Å². The van der Waals surface area contributed by atoms with E-state index >= 15 is 4.79 Å². The van der Waals surface area contributed by atoms with Crippen molar-refractivity contribution >= 4 is 28.2 Å². The molecule has 220 valence electrons. The van der Waals surface area contributed by atoms with E-state index in [9.17, 15) is 0 Å². The van der Waals surface area contributed by atoms with E-state index in [2.05, 4.69) is 155 Å². The molecule has 1 N–H and O–H groups in total. The van der Waals surface area contributed by atoms with Crippen LogP contribution in [0.4, 0.5) is 11.4 Å². The third-order valence-corrected chi connectivity index (χ3v) is 9.63. The number of anilines is 2. The summed E-state index contributed by atoms with van der Waals surface area (Å²) in [5.41, 5.74) is 9.35. The minimum Gasteiger partial charge on any atom is -0.363 e. The van der Waals surface area contributed by atoms with Gasteiger partial charge in [-0.05, 0) is 34.9 Å². The normalized spacial score (nSPS) is 16.4. The van der Waals surface area contributed by atoms with E-state index in [1.54, 1.807) is 0 Å². The Morgan fingerprint density at radius 1 is 0.609 bits per heavy atom. The fraction of sp³-hybridized carbons (Fsp3) is 0.0714. The molecular formula is C42H31N3O. The highest BCUT2D eigenvalue weighted by molar-refractivity contribution is 6.18. The fourth-order valence-corrected chi connectivity index (χ4v) is 7.74. The van der Waals surface area contributed by atoms with Gasteiger partial charge < -0.3 is 9.88 Å². The minimum absolute atomic E-state index is 0.0183. The molecule has 0 bridgehead atoms. The number of rotatable bonds is 5. The summed E-state index contributed by atoms with van der Waals surface area (Å²) in [5.74, 6) is 0.0183. The van der Waals surface area contributed by atoms with Gasteiger partial charge in [0, 0.05) is 39.8 Å². The Labute approximate surface area is 268 Å². The SMILES string of the molecule is O=C1N(C(c2ccccc2)c2ccccc2)c2ccccc2C12Nc1ccccc1-c1c2c2ccccc2n1Cc1ccccc1. The van der Waals surface area contributed by atoms with Gasteiger partial charge in [-0.2, -0.15) is 0 Å². The van der Waals surface area contributed by atoms with Crippen molar-refractivity contribution < 1.29 is 4.79 Å². The molecule has 0 aliphatic carbocycles. The zero-order valence-corrected chi connectivity index (χ0v) is 25.2. The first-order valence-electron chi connectivity index (χ1n) is 15.8. The largest absolute Gasteiger partial charge is 0.363 e. The van der Waals surface area contributed by atoms with E-state index in [1.165, 1.54) is 5.56 Å². The van der Waals surface area contributed by atoms with Gasteiger partial charge in [0.15, 0.2) is 5.54 Å². The van der Waals surface area contributed by atoms with Gasteiger partial charge in [0.1, 0.15) is 0 Å². The molecule has 7 aromatic rings. The molecule has 4 heteroatoms. The number of carbonyl (C=O) groups is 1. The third-order valence-electron chi connectivity index (χ3n) is 9.63. The van der Waals surface area contributed by atoms with E-state index in [1.807, 2.05) is 23.1 Å². The number of aromatic nitrogens is 1. The standard InChI is InChI=1S/C42H31N3O/c46-41-42(34-24-12-15-27-37(34)45(41)39(30-18-6-2-7-19-30)31-20-8-3-9-21-31)38-33-23-11-14-26-36(33)44(28-29-16-4-1-5-17-29)40(38)32-22-10-13-25-35(32)43-42/h1-27,39,43H,28H2. The lowest BCUT2D eigenvalue weighted by Gasteiger charge is -2.38. The molecule has 2 aliphatic rings. The Morgan fingerprint density at radius 2 is 1.20 bits per heavy atom. The number of nitrogens with one attached hydrogen (secondary N) is 1. The number of hydrogen-bond donors (Lipinski definition) is 1. The molecule has 1 aromatic heterocycles. The zero-order valence-electron chi connectivity index (χ0n) is 25.2. The molecule has 4 nitrogen and oxygen atoms in total. The van der Waals surface area contributed by atoms with Crippen molar-refractivity contribution in [3.8, 4) is 11.3 Å². The molecular weight excluding hydrogens is 562 g/mol. The summed E-state index contributed by atoms with van der Waals surface area (Å²) >= 11 is 0. The number of amides is 1. The van der Waals surface area contributed by atoms with Gasteiger partial charge in [-0.25, -0.2) is 0 Å². The van der Waals surface area contributed by atoms with E-state index in [0.717, 1.165) is 55.8 Å². The highest BCUT2D eigenvalue weighted by Gasteiger charge is 2.58. The second-order valence-corrected chi connectivity index (χ2v) is 12.1. The van der Waals surface area contributed by atoms with Gasteiger partial charge in [0.2, 0.25) is 0 Å². The smallest absolute Gasteiger partial charge is 0.263 e. The molecule has 1 spiro atoms. The molecule has 0 saturated heterocycles. The Kier molecular flexibility index (Phi) is 5.97. The highest BCUT2D eigenvalue weighted by Crippen LogP contribution is 2.57. The number of carbonyl (C=O) groups excluding carboxylic acids is 1. The van der Waals surface area contributed by atoms with Crippen molar-refractivity contribution in [2.24, 2.45) is 0 Å². The van der Waals surface area contributed by atoms with Crippen molar-refractivity contribution in [2.45, 2.75) is 18.1 Å². The molecule has 3 heterocycles. The van der Waals surface area contributed by atoms with Crippen LogP contribution < -0.4 is 10.2 Å². The second kappa shape index (κ2) is 10.4. The molecule has 9 rings (SSSR count). The van der Waals surface area contributed by atoms with Crippen LogP contribution in [0.2, 0.25) is 0 Å². The maximum Gasteiger partial charge on any atom is 0.263 e. The molecule has 6 aromatic carbocycles. The second-order valence-electron chi connectivity index (χ2n) is 12.1. The highest BCUT2D eigenvalue weighted by atomic mass is 16.2. The Bertz CT molecular complexity index is 2200. The van der Waals surface area contributed by atoms with Crippen LogP contribution in [-0.2, 0) is 16.9 Å². The summed E-state index contributed by atoms with van der Waals surface area (Å²) in [4.78, 5) is 17.8. The monoisotopic (exact) mass is 593 g/mol. The average molecular weight is 594 g/mol. The number of para-hydroxylation sites is 3. The maximum absolute atomic E-state index is 15.8. The van der Waals surface area contributed by atoms with Crippen molar-refractivity contribution in [2.75, 3.05) is 10.2 Å². The quantitative estimate of drug-likeness (QED) is 0.216. The molecule has 1 atom stereocenters. The van der Waals surface area contributed by atoms with E-state index in [-0.39, 0.29) is 11.9 Å². The third kappa shape index (κ3) is 3.77. The summed E-state index contributed by atoms with van der Waals surface area (Å²) in [6, 6.07) is 56.3. The Hall–Kier alpha value is -5.87.